The van der Waals surface area contributed by atoms with Gasteiger partial charge >= 0.3 is 0 Å². The van der Waals surface area contributed by atoms with Gasteiger partial charge in [-0.3, -0.25) is 4.79 Å². The summed E-state index contributed by atoms with van der Waals surface area (Å²) in [5, 5.41) is 3.18. The van der Waals surface area contributed by atoms with Gasteiger partial charge in [0.1, 0.15) is 5.82 Å². The fourth-order valence-electron chi connectivity index (χ4n) is 2.24. The molecular weight excluding hydrogens is 231 g/mol. The lowest BCUT2D eigenvalue weighted by atomic mass is 9.99. The Morgan fingerprint density at radius 2 is 2.17 bits per heavy atom. The summed E-state index contributed by atoms with van der Waals surface area (Å²) in [7, 11) is 0. The minimum Gasteiger partial charge on any atom is -0.335 e. The molecule has 2 rings (SSSR count). The minimum atomic E-state index is -0.528. The topological polar surface area (TPSA) is 32.3 Å². The normalized spacial score (nSPS) is 19.1. The van der Waals surface area contributed by atoms with Crippen molar-refractivity contribution in [3.05, 3.63) is 35.1 Å². The number of carbonyl (C=O) groups excluding carboxylic acids is 1. The van der Waals surface area contributed by atoms with E-state index in [2.05, 4.69) is 5.32 Å². The maximum absolute atomic E-state index is 13.2. The molecule has 0 aliphatic carbocycles. The third-order valence-electron chi connectivity index (χ3n) is 3.44. The van der Waals surface area contributed by atoms with Crippen LogP contribution in [0.1, 0.15) is 25.0 Å². The van der Waals surface area contributed by atoms with Crippen LogP contribution in [-0.4, -0.2) is 29.4 Å². The highest BCUT2D eigenvalue weighted by Gasteiger charge is 2.35. The average molecular weight is 250 g/mol. The number of hydrogen-bond donors (Lipinski definition) is 1. The van der Waals surface area contributed by atoms with Crippen molar-refractivity contribution in [2.45, 2.75) is 32.9 Å². The van der Waals surface area contributed by atoms with Crippen molar-refractivity contribution in [2.24, 2.45) is 0 Å². The first-order valence-electron chi connectivity index (χ1n) is 6.19. The standard InChI is InChI=1S/C14H19FN2O/c1-10-4-5-12(15)8-11(10)9-17-7-6-16-14(2,3)13(17)18/h4-5,8,16H,6-7,9H2,1-3H3. The summed E-state index contributed by atoms with van der Waals surface area (Å²) in [6, 6.07) is 4.71. The lowest BCUT2D eigenvalue weighted by Gasteiger charge is -2.38. The van der Waals surface area contributed by atoms with Gasteiger partial charge in [-0.15, -0.1) is 0 Å². The fourth-order valence-corrected chi connectivity index (χ4v) is 2.24. The first kappa shape index (κ1) is 13.0. The largest absolute Gasteiger partial charge is 0.335 e. The predicted octanol–water partition coefficient (Wildman–Crippen LogP) is 1.84. The number of aryl methyl sites for hydroxylation is 1. The van der Waals surface area contributed by atoms with Crippen molar-refractivity contribution >= 4 is 5.91 Å². The van der Waals surface area contributed by atoms with E-state index >= 15 is 0 Å². The molecule has 1 aromatic rings. The molecule has 0 radical (unpaired) electrons. The molecule has 1 N–H and O–H groups in total. The monoisotopic (exact) mass is 250 g/mol. The highest BCUT2D eigenvalue weighted by atomic mass is 19.1. The van der Waals surface area contributed by atoms with Gasteiger partial charge in [-0.25, -0.2) is 4.39 Å². The fraction of sp³-hybridized carbons (Fsp3) is 0.500. The van der Waals surface area contributed by atoms with Crippen LogP contribution >= 0.6 is 0 Å². The molecule has 0 unspecified atom stereocenters. The summed E-state index contributed by atoms with van der Waals surface area (Å²) in [6.45, 7) is 7.60. The van der Waals surface area contributed by atoms with E-state index in [-0.39, 0.29) is 11.7 Å². The number of nitrogens with one attached hydrogen (secondary N) is 1. The Kier molecular flexibility index (Phi) is 3.39. The Balaban J connectivity index is 2.18. The van der Waals surface area contributed by atoms with Gasteiger partial charge in [-0.05, 0) is 44.0 Å². The van der Waals surface area contributed by atoms with E-state index < -0.39 is 5.54 Å². The van der Waals surface area contributed by atoms with Crippen LogP contribution in [0.25, 0.3) is 0 Å². The number of benzene rings is 1. The van der Waals surface area contributed by atoms with Gasteiger partial charge in [0.2, 0.25) is 5.91 Å². The first-order chi connectivity index (χ1) is 8.40. The van der Waals surface area contributed by atoms with Crippen molar-refractivity contribution in [3.8, 4) is 0 Å². The zero-order chi connectivity index (χ0) is 13.3. The van der Waals surface area contributed by atoms with E-state index in [0.29, 0.717) is 13.1 Å². The third-order valence-corrected chi connectivity index (χ3v) is 3.44. The van der Waals surface area contributed by atoms with Crippen molar-refractivity contribution in [1.29, 1.82) is 0 Å². The van der Waals surface area contributed by atoms with E-state index in [9.17, 15) is 9.18 Å². The second-order valence-corrected chi connectivity index (χ2v) is 5.35. The Morgan fingerprint density at radius 3 is 2.89 bits per heavy atom. The molecule has 1 fully saturated rings. The molecule has 4 heteroatoms. The Labute approximate surface area is 107 Å². The SMILES string of the molecule is Cc1ccc(F)cc1CN1CCNC(C)(C)C1=O. The van der Waals surface area contributed by atoms with Gasteiger partial charge in [-0.1, -0.05) is 6.07 Å². The number of amides is 1. The average Bonchev–Trinajstić information content (AvgIpc) is 2.30. The highest BCUT2D eigenvalue weighted by Crippen LogP contribution is 2.18. The van der Waals surface area contributed by atoms with Crippen molar-refractivity contribution in [3.63, 3.8) is 0 Å². The molecule has 18 heavy (non-hydrogen) atoms. The van der Waals surface area contributed by atoms with Crippen LogP contribution < -0.4 is 5.32 Å². The molecule has 1 aromatic carbocycles. The maximum atomic E-state index is 13.2. The molecule has 98 valence electrons. The summed E-state index contributed by atoms with van der Waals surface area (Å²) in [5.41, 5.74) is 1.36. The van der Waals surface area contributed by atoms with E-state index in [1.807, 2.05) is 20.8 Å². The zero-order valence-electron chi connectivity index (χ0n) is 11.1. The summed E-state index contributed by atoms with van der Waals surface area (Å²) >= 11 is 0. The van der Waals surface area contributed by atoms with Crippen molar-refractivity contribution in [1.82, 2.24) is 10.2 Å². The van der Waals surface area contributed by atoms with Crippen LogP contribution in [0.4, 0.5) is 4.39 Å². The number of rotatable bonds is 2. The Bertz CT molecular complexity index is 471. The molecule has 0 atom stereocenters. The predicted molar refractivity (Wildman–Crippen MR) is 68.6 cm³/mol. The van der Waals surface area contributed by atoms with Gasteiger partial charge in [0.25, 0.3) is 0 Å². The molecule has 3 nitrogen and oxygen atoms in total. The van der Waals surface area contributed by atoms with Gasteiger partial charge in [0.15, 0.2) is 0 Å². The second kappa shape index (κ2) is 4.69. The molecule has 1 saturated heterocycles. The summed E-state index contributed by atoms with van der Waals surface area (Å²) in [4.78, 5) is 14.0. The van der Waals surface area contributed by atoms with Gasteiger partial charge in [0, 0.05) is 19.6 Å². The molecule has 0 spiro atoms. The first-order valence-corrected chi connectivity index (χ1v) is 6.19. The quantitative estimate of drug-likeness (QED) is 0.868. The summed E-state index contributed by atoms with van der Waals surface area (Å²) in [6.07, 6.45) is 0. The zero-order valence-corrected chi connectivity index (χ0v) is 11.1. The number of hydrogen-bond acceptors (Lipinski definition) is 2. The molecule has 0 aromatic heterocycles. The van der Waals surface area contributed by atoms with E-state index in [0.717, 1.165) is 17.7 Å². The Morgan fingerprint density at radius 1 is 1.44 bits per heavy atom. The summed E-state index contributed by atoms with van der Waals surface area (Å²) in [5.74, 6) is -0.185. The molecule has 1 aliphatic heterocycles. The van der Waals surface area contributed by atoms with Gasteiger partial charge < -0.3 is 10.2 Å². The third kappa shape index (κ3) is 2.53. The highest BCUT2D eigenvalue weighted by molar-refractivity contribution is 5.86. The lowest BCUT2D eigenvalue weighted by Crippen LogP contribution is -2.60. The van der Waals surface area contributed by atoms with Crippen LogP contribution in [0.3, 0.4) is 0 Å². The van der Waals surface area contributed by atoms with E-state index in [1.165, 1.54) is 12.1 Å². The molecule has 1 aliphatic rings. The molecule has 0 bridgehead atoms. The summed E-state index contributed by atoms with van der Waals surface area (Å²) < 4.78 is 13.2. The van der Waals surface area contributed by atoms with Gasteiger partial charge in [0.05, 0.1) is 5.54 Å². The smallest absolute Gasteiger partial charge is 0.242 e. The molecule has 1 amide bonds. The van der Waals surface area contributed by atoms with Gasteiger partial charge in [-0.2, -0.15) is 0 Å². The number of halogens is 1. The van der Waals surface area contributed by atoms with Crippen LogP contribution in [0.2, 0.25) is 0 Å². The number of carbonyl (C=O) groups is 1. The lowest BCUT2D eigenvalue weighted by molar-refractivity contribution is -0.140. The molecule has 0 saturated carbocycles. The van der Waals surface area contributed by atoms with Crippen molar-refractivity contribution < 1.29 is 9.18 Å². The van der Waals surface area contributed by atoms with Crippen molar-refractivity contribution in [2.75, 3.05) is 13.1 Å². The van der Waals surface area contributed by atoms with Crippen LogP contribution in [-0.2, 0) is 11.3 Å². The van der Waals surface area contributed by atoms with Crippen LogP contribution in [0.5, 0.6) is 0 Å². The maximum Gasteiger partial charge on any atom is 0.242 e. The molecular formula is C14H19FN2O. The number of piperazine rings is 1. The van der Waals surface area contributed by atoms with Crippen LogP contribution in [0.15, 0.2) is 18.2 Å². The number of nitrogens with zero attached hydrogens (tertiary/aromatic N) is 1. The minimum absolute atomic E-state index is 0.0670. The second-order valence-electron chi connectivity index (χ2n) is 5.35. The van der Waals surface area contributed by atoms with Crippen LogP contribution in [0, 0.1) is 12.7 Å². The van der Waals surface area contributed by atoms with E-state index in [4.69, 9.17) is 0 Å². The molecule has 1 heterocycles. The Hall–Kier alpha value is -1.42. The van der Waals surface area contributed by atoms with E-state index in [1.54, 1.807) is 11.0 Å².